The standard InChI is InChI=1S/C21H26N2O5S/c1-7-12-23(29(26,27)17-10-8-13(2)9-11-17)16(5)20(24)18-14(3)19(21(25)28-6)22-15(18)4/h7-11,16,22H,1,12H2,2-6H3/t16-/m0/s1. The summed E-state index contributed by atoms with van der Waals surface area (Å²) in [6, 6.07) is 5.43. The van der Waals surface area contributed by atoms with E-state index in [0.29, 0.717) is 11.3 Å². The predicted octanol–water partition coefficient (Wildman–Crippen LogP) is 3.17. The first-order chi connectivity index (χ1) is 13.6. The third kappa shape index (κ3) is 4.33. The highest BCUT2D eigenvalue weighted by atomic mass is 32.2. The number of sulfonamides is 1. The third-order valence-corrected chi connectivity index (χ3v) is 6.77. The summed E-state index contributed by atoms with van der Waals surface area (Å²) >= 11 is 0. The lowest BCUT2D eigenvalue weighted by Crippen LogP contribution is -2.43. The summed E-state index contributed by atoms with van der Waals surface area (Å²) in [7, 11) is -2.68. The fourth-order valence-electron chi connectivity index (χ4n) is 3.20. The molecule has 2 aromatic rings. The van der Waals surface area contributed by atoms with Gasteiger partial charge in [0.2, 0.25) is 10.0 Å². The lowest BCUT2D eigenvalue weighted by molar-refractivity contribution is 0.0594. The smallest absolute Gasteiger partial charge is 0.354 e. The monoisotopic (exact) mass is 418 g/mol. The maximum Gasteiger partial charge on any atom is 0.354 e. The normalized spacial score (nSPS) is 12.6. The van der Waals surface area contributed by atoms with Gasteiger partial charge in [0.15, 0.2) is 5.78 Å². The number of rotatable bonds is 8. The van der Waals surface area contributed by atoms with E-state index in [1.54, 1.807) is 26.0 Å². The van der Waals surface area contributed by atoms with Crippen LogP contribution < -0.4 is 0 Å². The maximum atomic E-state index is 13.2. The predicted molar refractivity (Wildman–Crippen MR) is 111 cm³/mol. The Morgan fingerprint density at radius 2 is 1.79 bits per heavy atom. The zero-order valence-corrected chi connectivity index (χ0v) is 18.1. The number of Topliss-reactive ketones (excluding diaryl/α,β-unsaturated/α-hetero) is 1. The molecule has 0 unspecified atom stereocenters. The molecule has 0 aliphatic heterocycles. The minimum absolute atomic E-state index is 0.0322. The molecule has 1 heterocycles. The van der Waals surface area contributed by atoms with Crippen LogP contribution in [0, 0.1) is 20.8 Å². The van der Waals surface area contributed by atoms with Gasteiger partial charge in [-0.1, -0.05) is 23.8 Å². The number of H-pyrrole nitrogens is 1. The van der Waals surface area contributed by atoms with Crippen molar-refractivity contribution in [3.63, 3.8) is 0 Å². The van der Waals surface area contributed by atoms with E-state index in [2.05, 4.69) is 11.6 Å². The Labute approximate surface area is 171 Å². The summed E-state index contributed by atoms with van der Waals surface area (Å²) in [6.45, 7) is 10.3. The number of ketones is 1. The fourth-order valence-corrected chi connectivity index (χ4v) is 4.77. The van der Waals surface area contributed by atoms with E-state index in [1.807, 2.05) is 6.92 Å². The zero-order chi connectivity index (χ0) is 21.9. The molecule has 1 atom stereocenters. The summed E-state index contributed by atoms with van der Waals surface area (Å²) in [6.07, 6.45) is 1.44. The molecule has 0 aliphatic rings. The number of carbonyl (C=O) groups is 2. The van der Waals surface area contributed by atoms with Crippen LogP contribution in [0.1, 0.15) is 44.6 Å². The molecule has 29 heavy (non-hydrogen) atoms. The second-order valence-corrected chi connectivity index (χ2v) is 8.72. The third-order valence-electron chi connectivity index (χ3n) is 4.82. The molecule has 0 spiro atoms. The Balaban J connectivity index is 2.49. The highest BCUT2D eigenvalue weighted by Gasteiger charge is 2.35. The number of hydrogen-bond donors (Lipinski definition) is 1. The van der Waals surface area contributed by atoms with Gasteiger partial charge in [-0.05, 0) is 45.4 Å². The number of aromatic nitrogens is 1. The molecule has 0 fully saturated rings. The first-order valence-corrected chi connectivity index (χ1v) is 10.5. The number of hydrogen-bond acceptors (Lipinski definition) is 5. The minimum Gasteiger partial charge on any atom is -0.464 e. The molecule has 1 aromatic carbocycles. The van der Waals surface area contributed by atoms with Crippen molar-refractivity contribution in [2.45, 2.75) is 38.6 Å². The Hall–Kier alpha value is -2.71. The number of ether oxygens (including phenoxy) is 1. The SMILES string of the molecule is C=CCN([C@@H](C)C(=O)c1c(C)[nH]c(C(=O)OC)c1C)S(=O)(=O)c1ccc(C)cc1. The Morgan fingerprint density at radius 3 is 2.31 bits per heavy atom. The van der Waals surface area contributed by atoms with E-state index in [0.717, 1.165) is 9.87 Å². The van der Waals surface area contributed by atoms with Gasteiger partial charge in [-0.15, -0.1) is 6.58 Å². The van der Waals surface area contributed by atoms with E-state index in [4.69, 9.17) is 4.74 Å². The highest BCUT2D eigenvalue weighted by molar-refractivity contribution is 7.89. The van der Waals surface area contributed by atoms with Crippen LogP contribution in [-0.2, 0) is 14.8 Å². The summed E-state index contributed by atoms with van der Waals surface area (Å²) in [4.78, 5) is 28.1. The van der Waals surface area contributed by atoms with E-state index in [9.17, 15) is 18.0 Å². The second kappa shape index (κ2) is 8.75. The largest absolute Gasteiger partial charge is 0.464 e. The van der Waals surface area contributed by atoms with Crippen molar-refractivity contribution in [3.8, 4) is 0 Å². The van der Waals surface area contributed by atoms with E-state index < -0.39 is 27.8 Å². The van der Waals surface area contributed by atoms with Gasteiger partial charge in [-0.25, -0.2) is 13.2 Å². The number of aromatic amines is 1. The van der Waals surface area contributed by atoms with Gasteiger partial charge in [-0.2, -0.15) is 4.31 Å². The van der Waals surface area contributed by atoms with Crippen LogP contribution in [0.25, 0.3) is 0 Å². The molecule has 156 valence electrons. The van der Waals surface area contributed by atoms with Crippen LogP contribution in [0.15, 0.2) is 41.8 Å². The molecular formula is C21H26N2O5S. The first-order valence-electron chi connectivity index (χ1n) is 9.07. The quantitative estimate of drug-likeness (QED) is 0.403. The molecule has 0 saturated heterocycles. The summed E-state index contributed by atoms with van der Waals surface area (Å²) in [5, 5.41) is 0. The van der Waals surface area contributed by atoms with Crippen molar-refractivity contribution in [3.05, 3.63) is 65.0 Å². The molecule has 0 saturated carbocycles. The van der Waals surface area contributed by atoms with Gasteiger partial charge < -0.3 is 9.72 Å². The van der Waals surface area contributed by atoms with Crippen LogP contribution in [0.3, 0.4) is 0 Å². The Kier molecular flexibility index (Phi) is 6.81. The van der Waals surface area contributed by atoms with E-state index >= 15 is 0 Å². The summed E-state index contributed by atoms with van der Waals surface area (Å²) < 4.78 is 32.2. The Morgan fingerprint density at radius 1 is 1.21 bits per heavy atom. The average Bonchev–Trinajstić information content (AvgIpc) is 2.98. The van der Waals surface area contributed by atoms with Gasteiger partial charge in [0, 0.05) is 17.8 Å². The molecule has 8 heteroatoms. The molecule has 0 amide bonds. The van der Waals surface area contributed by atoms with Crippen molar-refractivity contribution in [1.82, 2.24) is 9.29 Å². The molecule has 1 aromatic heterocycles. The first kappa shape index (κ1) is 22.6. The van der Waals surface area contributed by atoms with Crippen molar-refractivity contribution < 1.29 is 22.7 Å². The van der Waals surface area contributed by atoms with Gasteiger partial charge >= 0.3 is 5.97 Å². The zero-order valence-electron chi connectivity index (χ0n) is 17.3. The lowest BCUT2D eigenvalue weighted by Gasteiger charge is -2.26. The highest BCUT2D eigenvalue weighted by Crippen LogP contribution is 2.25. The van der Waals surface area contributed by atoms with Crippen LogP contribution in [0.2, 0.25) is 0 Å². The van der Waals surface area contributed by atoms with Gasteiger partial charge in [0.05, 0.1) is 18.0 Å². The number of nitrogens with zero attached hydrogens (tertiary/aromatic N) is 1. The average molecular weight is 419 g/mol. The van der Waals surface area contributed by atoms with Crippen molar-refractivity contribution in [1.29, 1.82) is 0 Å². The number of esters is 1. The maximum absolute atomic E-state index is 13.2. The lowest BCUT2D eigenvalue weighted by atomic mass is 10.0. The number of benzene rings is 1. The molecule has 0 aliphatic carbocycles. The molecule has 1 N–H and O–H groups in total. The van der Waals surface area contributed by atoms with Crippen molar-refractivity contribution >= 4 is 21.8 Å². The molecule has 0 radical (unpaired) electrons. The van der Waals surface area contributed by atoms with Gasteiger partial charge in [-0.3, -0.25) is 4.79 Å². The number of methoxy groups -OCH3 is 1. The molecule has 0 bridgehead atoms. The second-order valence-electron chi connectivity index (χ2n) is 6.83. The minimum atomic E-state index is -3.93. The summed E-state index contributed by atoms with van der Waals surface area (Å²) in [5.74, 6) is -1.00. The van der Waals surface area contributed by atoms with Crippen molar-refractivity contribution in [2.75, 3.05) is 13.7 Å². The Bertz CT molecular complexity index is 1040. The topological polar surface area (TPSA) is 96.5 Å². The number of aryl methyl sites for hydroxylation is 2. The molecule has 2 rings (SSSR count). The van der Waals surface area contributed by atoms with Crippen LogP contribution in [0.4, 0.5) is 0 Å². The number of carbonyl (C=O) groups excluding carboxylic acids is 2. The van der Waals surface area contributed by atoms with Crippen molar-refractivity contribution in [2.24, 2.45) is 0 Å². The van der Waals surface area contributed by atoms with Gasteiger partial charge in [0.1, 0.15) is 5.69 Å². The number of nitrogens with one attached hydrogen (secondary N) is 1. The van der Waals surface area contributed by atoms with Gasteiger partial charge in [0.25, 0.3) is 0 Å². The molecular weight excluding hydrogens is 392 g/mol. The van der Waals surface area contributed by atoms with E-state index in [1.165, 1.54) is 32.2 Å². The van der Waals surface area contributed by atoms with E-state index in [-0.39, 0.29) is 22.7 Å². The fraction of sp³-hybridized carbons (Fsp3) is 0.333. The van der Waals surface area contributed by atoms with Crippen LogP contribution >= 0.6 is 0 Å². The summed E-state index contributed by atoms with van der Waals surface area (Å²) in [5.41, 5.74) is 2.30. The molecule has 7 nitrogen and oxygen atoms in total. The van der Waals surface area contributed by atoms with Crippen LogP contribution in [0.5, 0.6) is 0 Å². The van der Waals surface area contributed by atoms with Crippen LogP contribution in [-0.4, -0.2) is 49.2 Å².